The minimum absolute atomic E-state index is 0.000703. The summed E-state index contributed by atoms with van der Waals surface area (Å²) in [7, 11) is 2.69. The number of carbonyl (C=O) groups excluding carboxylic acids is 2. The highest BCUT2D eigenvalue weighted by atomic mass is 35.5. The van der Waals surface area contributed by atoms with Gasteiger partial charge in [-0.1, -0.05) is 48.9 Å². The van der Waals surface area contributed by atoms with E-state index in [9.17, 15) is 9.59 Å². The first-order valence-corrected chi connectivity index (χ1v) is 14.2. The van der Waals surface area contributed by atoms with E-state index in [4.69, 9.17) is 31.5 Å². The minimum atomic E-state index is -1.03. The normalized spacial score (nSPS) is 23.1. The van der Waals surface area contributed by atoms with Crippen LogP contribution in [-0.4, -0.2) is 38.7 Å². The number of ether oxygens (including phenoxy) is 3. The molecule has 3 aromatic rings. The highest BCUT2D eigenvalue weighted by molar-refractivity contribution is 6.34. The molecule has 1 aliphatic carbocycles. The molecule has 3 N–H and O–H groups in total. The largest absolute Gasteiger partial charge is 0.494 e. The maximum Gasteiger partial charge on any atom is 0.308 e. The van der Waals surface area contributed by atoms with Crippen molar-refractivity contribution in [1.29, 1.82) is 0 Å². The smallest absolute Gasteiger partial charge is 0.308 e. The van der Waals surface area contributed by atoms with Crippen LogP contribution in [0.3, 0.4) is 0 Å². The van der Waals surface area contributed by atoms with Crippen molar-refractivity contribution in [3.63, 3.8) is 0 Å². The molecule has 1 heterocycles. The van der Waals surface area contributed by atoms with Crippen LogP contribution in [0.5, 0.6) is 11.5 Å². The molecule has 7 nitrogen and oxygen atoms in total. The van der Waals surface area contributed by atoms with Gasteiger partial charge in [-0.25, -0.2) is 8.78 Å². The molecular formula is C32H33ClF2N2O5. The molecule has 5 rings (SSSR count). The Hall–Kier alpha value is -3.69. The topological polar surface area (TPSA) is 99.9 Å². The average Bonchev–Trinajstić information content (AvgIpc) is 3.28. The first-order chi connectivity index (χ1) is 20.1. The summed E-state index contributed by atoms with van der Waals surface area (Å²) in [6.45, 7) is 2.25. The Morgan fingerprint density at radius 2 is 1.76 bits per heavy atom. The van der Waals surface area contributed by atoms with E-state index in [1.807, 2.05) is 37.3 Å². The van der Waals surface area contributed by atoms with Gasteiger partial charge in [0.05, 0.1) is 30.7 Å². The summed E-state index contributed by atoms with van der Waals surface area (Å²) in [5, 5.41) is 3.27. The van der Waals surface area contributed by atoms with Crippen molar-refractivity contribution in [2.75, 3.05) is 20.8 Å². The Labute approximate surface area is 248 Å². The van der Waals surface area contributed by atoms with Crippen LogP contribution < -0.4 is 20.5 Å². The first kappa shape index (κ1) is 29.8. The number of carbonyl (C=O) groups is 2. The number of benzene rings is 3. The van der Waals surface area contributed by atoms with Crippen molar-refractivity contribution >= 4 is 23.5 Å². The molecule has 0 radical (unpaired) electrons. The van der Waals surface area contributed by atoms with E-state index in [1.54, 1.807) is 0 Å². The third kappa shape index (κ3) is 5.09. The highest BCUT2D eigenvalue weighted by Gasteiger charge is 2.50. The predicted octanol–water partition coefficient (Wildman–Crippen LogP) is 6.11. The van der Waals surface area contributed by atoms with Crippen LogP contribution in [0.15, 0.2) is 48.5 Å². The van der Waals surface area contributed by atoms with Gasteiger partial charge in [0.25, 0.3) is 0 Å². The quantitative estimate of drug-likeness (QED) is 0.304. The molecule has 0 saturated heterocycles. The van der Waals surface area contributed by atoms with E-state index in [2.05, 4.69) is 5.32 Å². The fraction of sp³-hybridized carbons (Fsp3) is 0.375. The summed E-state index contributed by atoms with van der Waals surface area (Å²) in [5.41, 5.74) is 5.49. The number of halogens is 3. The van der Waals surface area contributed by atoms with Crippen molar-refractivity contribution in [2.24, 2.45) is 11.7 Å². The molecule has 1 amide bonds. The van der Waals surface area contributed by atoms with Crippen LogP contribution in [0.25, 0.3) is 11.1 Å². The molecule has 0 unspecified atom stereocenters. The average molecular weight is 599 g/mol. The van der Waals surface area contributed by atoms with Crippen LogP contribution >= 0.6 is 11.6 Å². The first-order valence-electron chi connectivity index (χ1n) is 13.9. The number of nitrogens with two attached hydrogens (primary N) is 1. The molecule has 0 spiro atoms. The van der Waals surface area contributed by atoms with Gasteiger partial charge in [-0.05, 0) is 43.4 Å². The number of amides is 1. The number of hydrogen-bond acceptors (Lipinski definition) is 6. The molecule has 1 aliphatic heterocycles. The van der Waals surface area contributed by atoms with Gasteiger partial charge in [0.2, 0.25) is 5.91 Å². The van der Waals surface area contributed by atoms with Crippen LogP contribution in [0.2, 0.25) is 5.02 Å². The SMILES string of the molecule is COC(=O)C1CCC(NC[C@]2(c3ccccc3)Oc3cc(F)c(Cl)c(-c4c(C(N)=O)ccc(OC)c4F)c3[C@@H]2C)CC1. The number of nitrogens with one attached hydrogen (secondary N) is 1. The van der Waals surface area contributed by atoms with Crippen LogP contribution in [0, 0.1) is 17.6 Å². The van der Waals surface area contributed by atoms with E-state index in [0.29, 0.717) is 24.9 Å². The van der Waals surface area contributed by atoms with E-state index >= 15 is 8.78 Å². The Balaban J connectivity index is 1.60. The van der Waals surface area contributed by atoms with E-state index in [-0.39, 0.29) is 51.1 Å². The van der Waals surface area contributed by atoms with Crippen LogP contribution in [0.4, 0.5) is 8.78 Å². The van der Waals surface area contributed by atoms with Gasteiger partial charge in [0.1, 0.15) is 11.6 Å². The summed E-state index contributed by atoms with van der Waals surface area (Å²) >= 11 is 6.57. The molecular weight excluding hydrogens is 566 g/mol. The van der Waals surface area contributed by atoms with Crippen molar-refractivity contribution in [3.05, 3.63) is 81.9 Å². The third-order valence-electron chi connectivity index (χ3n) is 8.67. The van der Waals surface area contributed by atoms with E-state index < -0.39 is 29.1 Å². The lowest BCUT2D eigenvalue weighted by molar-refractivity contribution is -0.146. The maximum absolute atomic E-state index is 15.9. The number of fused-ring (bicyclic) bond motifs is 1. The molecule has 42 heavy (non-hydrogen) atoms. The minimum Gasteiger partial charge on any atom is -0.494 e. The van der Waals surface area contributed by atoms with E-state index in [0.717, 1.165) is 18.4 Å². The second kappa shape index (κ2) is 11.9. The fourth-order valence-electron chi connectivity index (χ4n) is 6.37. The molecule has 3 aromatic carbocycles. The van der Waals surface area contributed by atoms with Gasteiger partial charge >= 0.3 is 5.97 Å². The molecule has 2 aliphatic rings. The van der Waals surface area contributed by atoms with Gasteiger partial charge in [0.15, 0.2) is 17.2 Å². The predicted molar refractivity (Wildman–Crippen MR) is 155 cm³/mol. The highest BCUT2D eigenvalue weighted by Crippen LogP contribution is 2.56. The lowest BCUT2D eigenvalue weighted by Gasteiger charge is -2.37. The standard InChI is InChI=1S/C32H33ClF2N2O5/c1-17-25-24(15-22(34)28(33)27(25)26-21(30(36)38)13-14-23(40-2)29(26)35)42-32(17,19-7-5-4-6-8-19)16-37-20-11-9-18(10-12-20)31(39)41-3/h4-8,13-15,17-18,20,37H,9-12,16H2,1-3H3,(H2,36,38)/t17-,18?,20?,32-/m0/s1. The molecule has 10 heteroatoms. The summed E-state index contributed by atoms with van der Waals surface area (Å²) in [6, 6.07) is 13.5. The fourth-order valence-corrected chi connectivity index (χ4v) is 6.63. The number of esters is 1. The van der Waals surface area contributed by atoms with Crippen molar-refractivity contribution in [3.8, 4) is 22.6 Å². The molecule has 1 fully saturated rings. The van der Waals surface area contributed by atoms with Gasteiger partial charge in [0, 0.05) is 41.3 Å². The van der Waals surface area contributed by atoms with Crippen molar-refractivity contribution in [1.82, 2.24) is 5.32 Å². The van der Waals surface area contributed by atoms with Gasteiger partial charge in [-0.15, -0.1) is 0 Å². The summed E-state index contributed by atoms with van der Waals surface area (Å²) in [5.74, 6) is -3.34. The van der Waals surface area contributed by atoms with Gasteiger partial charge in [-0.3, -0.25) is 9.59 Å². The van der Waals surface area contributed by atoms with Crippen molar-refractivity contribution < 1.29 is 32.6 Å². The number of rotatable bonds is 8. The third-order valence-corrected chi connectivity index (χ3v) is 9.04. The number of methoxy groups -OCH3 is 2. The van der Waals surface area contributed by atoms with Crippen LogP contribution in [-0.2, 0) is 15.1 Å². The van der Waals surface area contributed by atoms with Crippen LogP contribution in [0.1, 0.15) is 60.0 Å². The molecule has 1 saturated carbocycles. The molecule has 222 valence electrons. The Morgan fingerprint density at radius 1 is 1.07 bits per heavy atom. The molecule has 0 bridgehead atoms. The monoisotopic (exact) mass is 598 g/mol. The van der Waals surface area contributed by atoms with Gasteiger partial charge in [-0.2, -0.15) is 0 Å². The molecule has 2 atom stereocenters. The Bertz CT molecular complexity index is 1510. The van der Waals surface area contributed by atoms with Gasteiger partial charge < -0.3 is 25.3 Å². The Kier molecular flexibility index (Phi) is 8.44. The zero-order valence-corrected chi connectivity index (χ0v) is 24.4. The number of primary amides is 1. The second-order valence-corrected chi connectivity index (χ2v) is 11.2. The summed E-state index contributed by atoms with van der Waals surface area (Å²) < 4.78 is 48.1. The van der Waals surface area contributed by atoms with Crippen molar-refractivity contribution in [2.45, 2.75) is 50.2 Å². The number of hydrogen-bond donors (Lipinski definition) is 2. The molecule has 0 aromatic heterocycles. The Morgan fingerprint density at radius 3 is 2.38 bits per heavy atom. The lowest BCUT2D eigenvalue weighted by Crippen LogP contribution is -2.48. The summed E-state index contributed by atoms with van der Waals surface area (Å²) in [4.78, 5) is 24.5. The summed E-state index contributed by atoms with van der Waals surface area (Å²) in [6.07, 6.45) is 2.95. The maximum atomic E-state index is 15.9. The second-order valence-electron chi connectivity index (χ2n) is 10.9. The lowest BCUT2D eigenvalue weighted by atomic mass is 9.77. The zero-order valence-electron chi connectivity index (χ0n) is 23.6. The zero-order chi connectivity index (χ0) is 30.2. The van der Waals surface area contributed by atoms with E-state index in [1.165, 1.54) is 32.4 Å².